The number of carbonyl (C=O) groups excluding carboxylic acids is 1. The van der Waals surface area contributed by atoms with Crippen LogP contribution in [-0.4, -0.2) is 57.4 Å². The predicted octanol–water partition coefficient (Wildman–Crippen LogP) is 4.69. The van der Waals surface area contributed by atoms with Crippen molar-refractivity contribution in [1.82, 2.24) is 14.9 Å². The Morgan fingerprint density at radius 2 is 2.00 bits per heavy atom. The van der Waals surface area contributed by atoms with Gasteiger partial charge in [-0.05, 0) is 77.2 Å². The van der Waals surface area contributed by atoms with E-state index in [4.69, 9.17) is 4.74 Å². The predicted molar refractivity (Wildman–Crippen MR) is 124 cm³/mol. The number of rotatable bonds is 5. The van der Waals surface area contributed by atoms with Gasteiger partial charge in [0.1, 0.15) is 22.6 Å². The SMILES string of the molecule is CN(C(=O)OC(C)(C)C)[C@H]1CC[C@H](Nc2ncnc3sc4c(c23)[C@@H](CCO)CC4)CC1. The third-order valence-corrected chi connectivity index (χ3v) is 7.65. The lowest BCUT2D eigenvalue weighted by atomic mass is 9.90. The van der Waals surface area contributed by atoms with Crippen LogP contribution in [0.3, 0.4) is 0 Å². The number of carbonyl (C=O) groups is 1. The van der Waals surface area contributed by atoms with Crippen LogP contribution in [0.5, 0.6) is 0 Å². The Morgan fingerprint density at radius 1 is 1.26 bits per heavy atom. The number of aliphatic hydroxyl groups is 1. The number of hydrogen-bond donors (Lipinski definition) is 2. The molecule has 7 nitrogen and oxygen atoms in total. The Hall–Kier alpha value is -1.93. The topological polar surface area (TPSA) is 87.6 Å². The van der Waals surface area contributed by atoms with Crippen LogP contribution in [0.4, 0.5) is 10.6 Å². The van der Waals surface area contributed by atoms with Crippen LogP contribution in [0.15, 0.2) is 6.33 Å². The third-order valence-electron chi connectivity index (χ3n) is 6.47. The molecule has 1 saturated carbocycles. The molecule has 4 rings (SSSR count). The Bertz CT molecular complexity index is 931. The van der Waals surface area contributed by atoms with Gasteiger partial charge in [0.25, 0.3) is 0 Å². The molecule has 2 aliphatic carbocycles. The number of nitrogens with one attached hydrogen (secondary N) is 1. The van der Waals surface area contributed by atoms with Gasteiger partial charge >= 0.3 is 6.09 Å². The molecule has 0 aliphatic heterocycles. The molecule has 1 amide bonds. The molecule has 2 aromatic rings. The lowest BCUT2D eigenvalue weighted by molar-refractivity contribution is 0.0185. The smallest absolute Gasteiger partial charge is 0.410 e. The van der Waals surface area contributed by atoms with Crippen molar-refractivity contribution in [2.75, 3.05) is 19.0 Å². The highest BCUT2D eigenvalue weighted by molar-refractivity contribution is 7.19. The highest BCUT2D eigenvalue weighted by Gasteiger charge is 2.32. The van der Waals surface area contributed by atoms with Crippen LogP contribution in [0.1, 0.15) is 75.7 Å². The van der Waals surface area contributed by atoms with E-state index in [-0.39, 0.29) is 18.7 Å². The summed E-state index contributed by atoms with van der Waals surface area (Å²) in [6.45, 7) is 5.91. The van der Waals surface area contributed by atoms with Crippen molar-refractivity contribution in [2.45, 2.75) is 89.3 Å². The van der Waals surface area contributed by atoms with Crippen LogP contribution < -0.4 is 5.32 Å². The molecule has 31 heavy (non-hydrogen) atoms. The number of nitrogens with zero attached hydrogens (tertiary/aromatic N) is 3. The lowest BCUT2D eigenvalue weighted by Gasteiger charge is -2.36. The largest absolute Gasteiger partial charge is 0.444 e. The van der Waals surface area contributed by atoms with E-state index in [2.05, 4.69) is 15.3 Å². The van der Waals surface area contributed by atoms with Gasteiger partial charge in [-0.15, -0.1) is 11.3 Å². The fraction of sp³-hybridized carbons (Fsp3) is 0.696. The van der Waals surface area contributed by atoms with Gasteiger partial charge in [0.05, 0.1) is 5.39 Å². The Balaban J connectivity index is 1.43. The fourth-order valence-electron chi connectivity index (χ4n) is 4.91. The molecule has 2 aromatic heterocycles. The number of thiophene rings is 1. The van der Waals surface area contributed by atoms with Crippen LogP contribution in [0.25, 0.3) is 10.2 Å². The molecule has 0 spiro atoms. The van der Waals surface area contributed by atoms with E-state index in [1.54, 1.807) is 22.6 Å². The van der Waals surface area contributed by atoms with Gasteiger partial charge < -0.3 is 20.1 Å². The minimum Gasteiger partial charge on any atom is -0.444 e. The summed E-state index contributed by atoms with van der Waals surface area (Å²) in [5.74, 6) is 1.33. The van der Waals surface area contributed by atoms with E-state index in [9.17, 15) is 9.90 Å². The first-order chi connectivity index (χ1) is 14.8. The number of hydrogen-bond acceptors (Lipinski definition) is 7. The molecule has 1 atom stereocenters. The second kappa shape index (κ2) is 8.90. The van der Waals surface area contributed by atoms with E-state index in [0.29, 0.717) is 12.0 Å². The van der Waals surface area contributed by atoms with Crippen molar-refractivity contribution < 1.29 is 14.6 Å². The molecule has 2 heterocycles. The second-order valence-electron chi connectivity index (χ2n) is 9.83. The number of aliphatic hydroxyl groups excluding tert-OH is 1. The van der Waals surface area contributed by atoms with Crippen molar-refractivity contribution in [3.05, 3.63) is 16.8 Å². The second-order valence-corrected chi connectivity index (χ2v) is 10.9. The van der Waals surface area contributed by atoms with E-state index in [1.807, 2.05) is 27.8 Å². The Kier molecular flexibility index (Phi) is 6.40. The number of aromatic nitrogens is 2. The Labute approximate surface area is 188 Å². The van der Waals surface area contributed by atoms with E-state index in [0.717, 1.165) is 61.0 Å². The summed E-state index contributed by atoms with van der Waals surface area (Å²) in [5, 5.41) is 14.3. The number of anilines is 1. The zero-order chi connectivity index (χ0) is 22.2. The molecule has 8 heteroatoms. The first-order valence-corrected chi connectivity index (χ1v) is 12.2. The minimum atomic E-state index is -0.475. The van der Waals surface area contributed by atoms with Crippen molar-refractivity contribution in [1.29, 1.82) is 0 Å². The van der Waals surface area contributed by atoms with Crippen LogP contribution in [0, 0.1) is 0 Å². The number of amides is 1. The molecule has 170 valence electrons. The number of ether oxygens (including phenoxy) is 1. The van der Waals surface area contributed by atoms with Crippen LogP contribution in [-0.2, 0) is 11.2 Å². The van der Waals surface area contributed by atoms with E-state index >= 15 is 0 Å². The molecule has 2 N–H and O–H groups in total. The van der Waals surface area contributed by atoms with Gasteiger partial charge in [0.2, 0.25) is 0 Å². The maximum atomic E-state index is 12.4. The van der Waals surface area contributed by atoms with Crippen molar-refractivity contribution in [3.8, 4) is 0 Å². The summed E-state index contributed by atoms with van der Waals surface area (Å²) in [6.07, 6.45) is 8.23. The number of aryl methyl sites for hydroxylation is 1. The zero-order valence-corrected chi connectivity index (χ0v) is 19.8. The van der Waals surface area contributed by atoms with Gasteiger partial charge in [-0.2, -0.15) is 0 Å². The molecule has 0 bridgehead atoms. The van der Waals surface area contributed by atoms with Gasteiger partial charge in [-0.1, -0.05) is 0 Å². The standard InChI is InChI=1S/C23H34N4O3S/c1-23(2,3)30-22(29)27(4)16-8-6-15(7-9-16)26-20-19-18-14(11-12-28)5-10-17(18)31-21(19)25-13-24-20/h13-16,28H,5-12H2,1-4H3,(H,24,25,26)/t14-,15-,16-/m1/s1. The summed E-state index contributed by atoms with van der Waals surface area (Å²) in [4.78, 5) is 25.7. The lowest BCUT2D eigenvalue weighted by Crippen LogP contribution is -2.43. The van der Waals surface area contributed by atoms with Gasteiger partial charge in [0.15, 0.2) is 0 Å². The third kappa shape index (κ3) is 4.80. The fourth-order valence-corrected chi connectivity index (χ4v) is 6.15. The van der Waals surface area contributed by atoms with Crippen molar-refractivity contribution >= 4 is 33.5 Å². The molecule has 0 saturated heterocycles. The first kappa shape index (κ1) is 22.3. The zero-order valence-electron chi connectivity index (χ0n) is 19.0. The monoisotopic (exact) mass is 446 g/mol. The highest BCUT2D eigenvalue weighted by atomic mass is 32.1. The maximum Gasteiger partial charge on any atom is 0.410 e. The van der Waals surface area contributed by atoms with Crippen molar-refractivity contribution in [2.24, 2.45) is 0 Å². The molecule has 0 radical (unpaired) electrons. The summed E-state index contributed by atoms with van der Waals surface area (Å²) >= 11 is 1.77. The van der Waals surface area contributed by atoms with Crippen LogP contribution in [0.2, 0.25) is 0 Å². The Morgan fingerprint density at radius 3 is 2.68 bits per heavy atom. The van der Waals surface area contributed by atoms with Gasteiger partial charge in [-0.3, -0.25) is 0 Å². The van der Waals surface area contributed by atoms with Gasteiger partial charge in [-0.25, -0.2) is 14.8 Å². The molecular weight excluding hydrogens is 412 g/mol. The molecule has 0 unspecified atom stereocenters. The quantitative estimate of drug-likeness (QED) is 0.693. The van der Waals surface area contributed by atoms with Crippen molar-refractivity contribution in [3.63, 3.8) is 0 Å². The minimum absolute atomic E-state index is 0.206. The molecule has 1 fully saturated rings. The summed E-state index contributed by atoms with van der Waals surface area (Å²) in [5.41, 5.74) is 0.882. The van der Waals surface area contributed by atoms with E-state index in [1.165, 1.54) is 10.4 Å². The average molecular weight is 447 g/mol. The molecular formula is C23H34N4O3S. The normalized spacial score (nSPS) is 23.6. The molecule has 2 aliphatic rings. The maximum absolute atomic E-state index is 12.4. The van der Waals surface area contributed by atoms with E-state index < -0.39 is 5.60 Å². The summed E-state index contributed by atoms with van der Waals surface area (Å²) in [7, 11) is 1.84. The first-order valence-electron chi connectivity index (χ1n) is 11.4. The average Bonchev–Trinajstić information content (AvgIpc) is 3.27. The van der Waals surface area contributed by atoms with Crippen LogP contribution >= 0.6 is 11.3 Å². The summed E-state index contributed by atoms with van der Waals surface area (Å²) < 4.78 is 5.52. The summed E-state index contributed by atoms with van der Waals surface area (Å²) in [6, 6.07) is 0.535. The number of fused-ring (bicyclic) bond motifs is 3. The van der Waals surface area contributed by atoms with Gasteiger partial charge in [0, 0.05) is 30.6 Å². The highest BCUT2D eigenvalue weighted by Crippen LogP contribution is 2.46. The molecule has 0 aromatic carbocycles.